The SMILES string of the molecule is CCC1CCCCN1C(=O)C(C)Oc1ccc(C)cc1. The number of hydrogen-bond acceptors (Lipinski definition) is 2. The lowest BCUT2D eigenvalue weighted by atomic mass is 9.99. The second-order valence-electron chi connectivity index (χ2n) is 5.66. The van der Waals surface area contributed by atoms with Crippen LogP contribution in [0.5, 0.6) is 5.75 Å². The summed E-state index contributed by atoms with van der Waals surface area (Å²) in [5.41, 5.74) is 1.19. The molecule has 3 heteroatoms. The largest absolute Gasteiger partial charge is 0.481 e. The molecular weight excluding hydrogens is 250 g/mol. The Bertz CT molecular complexity index is 441. The summed E-state index contributed by atoms with van der Waals surface area (Å²) in [5, 5.41) is 0. The van der Waals surface area contributed by atoms with Crippen LogP contribution in [0.25, 0.3) is 0 Å². The van der Waals surface area contributed by atoms with E-state index in [1.54, 1.807) is 0 Å². The number of likely N-dealkylation sites (tertiary alicyclic amines) is 1. The molecule has 0 bridgehead atoms. The van der Waals surface area contributed by atoms with E-state index in [0.29, 0.717) is 6.04 Å². The molecule has 0 spiro atoms. The third kappa shape index (κ3) is 3.53. The number of ether oxygens (including phenoxy) is 1. The highest BCUT2D eigenvalue weighted by atomic mass is 16.5. The highest BCUT2D eigenvalue weighted by Crippen LogP contribution is 2.21. The first-order chi connectivity index (χ1) is 9.61. The molecule has 1 amide bonds. The first kappa shape index (κ1) is 14.9. The summed E-state index contributed by atoms with van der Waals surface area (Å²) >= 11 is 0. The van der Waals surface area contributed by atoms with Crippen LogP contribution in [0.3, 0.4) is 0 Å². The standard InChI is InChI=1S/C17H25NO2/c1-4-15-7-5-6-12-18(15)17(19)14(3)20-16-10-8-13(2)9-11-16/h8-11,14-15H,4-7,12H2,1-3H3. The van der Waals surface area contributed by atoms with Crippen LogP contribution in [0.1, 0.15) is 45.1 Å². The Morgan fingerprint density at radius 3 is 2.70 bits per heavy atom. The number of benzene rings is 1. The molecule has 110 valence electrons. The minimum Gasteiger partial charge on any atom is -0.481 e. The van der Waals surface area contributed by atoms with Crippen LogP contribution in [-0.4, -0.2) is 29.5 Å². The molecule has 1 heterocycles. The molecule has 0 aliphatic carbocycles. The zero-order valence-electron chi connectivity index (χ0n) is 12.8. The zero-order valence-corrected chi connectivity index (χ0v) is 12.8. The summed E-state index contributed by atoms with van der Waals surface area (Å²) in [6, 6.07) is 8.24. The monoisotopic (exact) mass is 275 g/mol. The Kier molecular flexibility index (Phi) is 5.05. The molecule has 3 nitrogen and oxygen atoms in total. The van der Waals surface area contributed by atoms with E-state index in [1.165, 1.54) is 12.0 Å². The summed E-state index contributed by atoms with van der Waals surface area (Å²) in [4.78, 5) is 14.6. The molecular formula is C17H25NO2. The number of rotatable bonds is 4. The molecule has 0 aromatic heterocycles. The number of nitrogens with zero attached hydrogens (tertiary/aromatic N) is 1. The van der Waals surface area contributed by atoms with Crippen molar-refractivity contribution in [2.75, 3.05) is 6.54 Å². The van der Waals surface area contributed by atoms with Gasteiger partial charge in [-0.2, -0.15) is 0 Å². The first-order valence-electron chi connectivity index (χ1n) is 7.65. The van der Waals surface area contributed by atoms with Crippen molar-refractivity contribution in [3.63, 3.8) is 0 Å². The third-order valence-electron chi connectivity index (χ3n) is 4.06. The zero-order chi connectivity index (χ0) is 14.5. The Balaban J connectivity index is 1.98. The second kappa shape index (κ2) is 6.78. The van der Waals surface area contributed by atoms with E-state index in [9.17, 15) is 4.79 Å². The Morgan fingerprint density at radius 1 is 1.35 bits per heavy atom. The maximum absolute atomic E-state index is 12.5. The molecule has 0 radical (unpaired) electrons. The van der Waals surface area contributed by atoms with Gasteiger partial charge in [0.2, 0.25) is 0 Å². The fourth-order valence-corrected chi connectivity index (χ4v) is 2.82. The van der Waals surface area contributed by atoms with Crippen LogP contribution in [0.15, 0.2) is 24.3 Å². The van der Waals surface area contributed by atoms with Gasteiger partial charge in [0.05, 0.1) is 0 Å². The summed E-state index contributed by atoms with van der Waals surface area (Å²) in [6.07, 6.45) is 4.09. The van der Waals surface area contributed by atoms with E-state index < -0.39 is 6.10 Å². The molecule has 1 aliphatic heterocycles. The number of carbonyl (C=O) groups excluding carboxylic acids is 1. The molecule has 2 atom stereocenters. The van der Waals surface area contributed by atoms with Crippen molar-refractivity contribution in [1.82, 2.24) is 4.90 Å². The summed E-state index contributed by atoms with van der Waals surface area (Å²) in [7, 11) is 0. The maximum Gasteiger partial charge on any atom is 0.263 e. The van der Waals surface area contributed by atoms with Gasteiger partial charge in [-0.3, -0.25) is 4.79 Å². The molecule has 0 N–H and O–H groups in total. The van der Waals surface area contributed by atoms with E-state index in [1.807, 2.05) is 43.0 Å². The lowest BCUT2D eigenvalue weighted by Crippen LogP contribution is -2.48. The topological polar surface area (TPSA) is 29.5 Å². The van der Waals surface area contributed by atoms with Gasteiger partial charge in [0.25, 0.3) is 5.91 Å². The molecule has 0 saturated carbocycles. The van der Waals surface area contributed by atoms with Crippen LogP contribution in [0.4, 0.5) is 0 Å². The molecule has 2 unspecified atom stereocenters. The third-order valence-corrected chi connectivity index (χ3v) is 4.06. The van der Waals surface area contributed by atoms with Gasteiger partial charge in [0.15, 0.2) is 6.10 Å². The molecule has 2 rings (SSSR count). The Morgan fingerprint density at radius 2 is 2.05 bits per heavy atom. The second-order valence-corrected chi connectivity index (χ2v) is 5.66. The predicted molar refractivity (Wildman–Crippen MR) is 80.9 cm³/mol. The average Bonchev–Trinajstić information content (AvgIpc) is 2.48. The van der Waals surface area contributed by atoms with Crippen LogP contribution in [0.2, 0.25) is 0 Å². The summed E-state index contributed by atoms with van der Waals surface area (Å²) < 4.78 is 5.79. The molecule has 1 aliphatic rings. The van der Waals surface area contributed by atoms with E-state index in [4.69, 9.17) is 4.74 Å². The fraction of sp³-hybridized carbons (Fsp3) is 0.588. The van der Waals surface area contributed by atoms with Crippen molar-refractivity contribution in [2.45, 2.75) is 58.6 Å². The lowest BCUT2D eigenvalue weighted by molar-refractivity contribution is -0.141. The minimum absolute atomic E-state index is 0.122. The summed E-state index contributed by atoms with van der Waals surface area (Å²) in [5.74, 6) is 0.888. The van der Waals surface area contributed by atoms with Gasteiger partial charge >= 0.3 is 0 Å². The smallest absolute Gasteiger partial charge is 0.263 e. The van der Waals surface area contributed by atoms with Gasteiger partial charge in [-0.05, 0) is 51.7 Å². The number of piperidine rings is 1. The molecule has 1 saturated heterocycles. The Labute approximate surface area is 121 Å². The normalized spacial score (nSPS) is 20.6. The highest BCUT2D eigenvalue weighted by molar-refractivity contribution is 5.81. The van der Waals surface area contributed by atoms with Crippen LogP contribution < -0.4 is 4.74 Å². The average molecular weight is 275 g/mol. The van der Waals surface area contributed by atoms with Crippen LogP contribution >= 0.6 is 0 Å². The van der Waals surface area contributed by atoms with Crippen molar-refractivity contribution in [3.8, 4) is 5.75 Å². The van der Waals surface area contributed by atoms with Crippen molar-refractivity contribution < 1.29 is 9.53 Å². The number of hydrogen-bond donors (Lipinski definition) is 0. The lowest BCUT2D eigenvalue weighted by Gasteiger charge is -2.36. The highest BCUT2D eigenvalue weighted by Gasteiger charge is 2.29. The van der Waals surface area contributed by atoms with Gasteiger partial charge in [0, 0.05) is 12.6 Å². The first-order valence-corrected chi connectivity index (χ1v) is 7.65. The van der Waals surface area contributed by atoms with Crippen molar-refractivity contribution in [3.05, 3.63) is 29.8 Å². The van der Waals surface area contributed by atoms with E-state index >= 15 is 0 Å². The maximum atomic E-state index is 12.5. The van der Waals surface area contributed by atoms with Crippen molar-refractivity contribution in [2.24, 2.45) is 0 Å². The number of aryl methyl sites for hydroxylation is 1. The van der Waals surface area contributed by atoms with E-state index in [-0.39, 0.29) is 5.91 Å². The predicted octanol–water partition coefficient (Wildman–Crippen LogP) is 3.55. The van der Waals surface area contributed by atoms with Gasteiger partial charge in [-0.1, -0.05) is 24.6 Å². The summed E-state index contributed by atoms with van der Waals surface area (Å²) in [6.45, 7) is 6.92. The van der Waals surface area contributed by atoms with Crippen LogP contribution in [0, 0.1) is 6.92 Å². The van der Waals surface area contributed by atoms with Crippen molar-refractivity contribution >= 4 is 5.91 Å². The molecule has 1 fully saturated rings. The van der Waals surface area contributed by atoms with Gasteiger partial charge < -0.3 is 9.64 Å². The van der Waals surface area contributed by atoms with Gasteiger partial charge in [-0.25, -0.2) is 0 Å². The Hall–Kier alpha value is -1.51. The fourth-order valence-electron chi connectivity index (χ4n) is 2.82. The van der Waals surface area contributed by atoms with E-state index in [0.717, 1.165) is 31.6 Å². The molecule has 1 aromatic carbocycles. The van der Waals surface area contributed by atoms with Gasteiger partial charge in [-0.15, -0.1) is 0 Å². The van der Waals surface area contributed by atoms with Crippen LogP contribution in [-0.2, 0) is 4.79 Å². The molecule has 1 aromatic rings. The number of carbonyl (C=O) groups is 1. The molecule has 20 heavy (non-hydrogen) atoms. The minimum atomic E-state index is -0.412. The van der Waals surface area contributed by atoms with Gasteiger partial charge in [0.1, 0.15) is 5.75 Å². The quantitative estimate of drug-likeness (QED) is 0.841. The van der Waals surface area contributed by atoms with Crippen molar-refractivity contribution in [1.29, 1.82) is 0 Å². The van der Waals surface area contributed by atoms with E-state index in [2.05, 4.69) is 6.92 Å². The number of amides is 1.